The quantitative estimate of drug-likeness (QED) is 0.791. The fourth-order valence-electron chi connectivity index (χ4n) is 2.62. The summed E-state index contributed by atoms with van der Waals surface area (Å²) in [4.78, 5) is 24.2. The van der Waals surface area contributed by atoms with Gasteiger partial charge in [0.2, 0.25) is 11.8 Å². The molecule has 0 aliphatic rings. The molecule has 0 aliphatic carbocycles. The van der Waals surface area contributed by atoms with Gasteiger partial charge in [0.1, 0.15) is 0 Å². The van der Waals surface area contributed by atoms with Crippen LogP contribution in [0.4, 0.5) is 5.69 Å². The Balaban J connectivity index is 1.90. The Morgan fingerprint density at radius 1 is 0.920 bits per heavy atom. The molecule has 0 bridgehead atoms. The number of nitrogens with one attached hydrogen (secondary N) is 2. The number of hydrogen-bond acceptors (Lipinski definition) is 2. The van der Waals surface area contributed by atoms with Crippen LogP contribution in [0, 0.1) is 0 Å². The first-order valence-corrected chi connectivity index (χ1v) is 8.83. The lowest BCUT2D eigenvalue weighted by Crippen LogP contribution is -2.34. The van der Waals surface area contributed by atoms with Crippen molar-refractivity contribution in [2.45, 2.75) is 33.1 Å². The van der Waals surface area contributed by atoms with Gasteiger partial charge in [-0.2, -0.15) is 0 Å². The zero-order valence-electron chi connectivity index (χ0n) is 14.6. The van der Waals surface area contributed by atoms with Crippen LogP contribution in [-0.4, -0.2) is 18.4 Å². The van der Waals surface area contributed by atoms with Gasteiger partial charge < -0.3 is 10.6 Å². The van der Waals surface area contributed by atoms with Gasteiger partial charge in [-0.3, -0.25) is 9.59 Å². The van der Waals surface area contributed by atoms with E-state index in [1.54, 1.807) is 24.3 Å². The van der Waals surface area contributed by atoms with Crippen LogP contribution < -0.4 is 10.6 Å². The van der Waals surface area contributed by atoms with Gasteiger partial charge in [0.05, 0.1) is 13.0 Å². The van der Waals surface area contributed by atoms with Crippen LogP contribution in [0.25, 0.3) is 0 Å². The molecule has 132 valence electrons. The van der Waals surface area contributed by atoms with E-state index < -0.39 is 0 Å². The van der Waals surface area contributed by atoms with Crippen molar-refractivity contribution >= 4 is 29.1 Å². The van der Waals surface area contributed by atoms with Gasteiger partial charge in [0, 0.05) is 10.7 Å². The monoisotopic (exact) mass is 358 g/mol. The molecule has 4 nitrogen and oxygen atoms in total. The number of carbonyl (C=O) groups excluding carboxylic acids is 2. The summed E-state index contributed by atoms with van der Waals surface area (Å²) in [5.41, 5.74) is 3.91. The van der Waals surface area contributed by atoms with Crippen molar-refractivity contribution in [2.24, 2.45) is 0 Å². The average molecular weight is 359 g/mol. The van der Waals surface area contributed by atoms with Crippen molar-refractivity contribution in [2.75, 3.05) is 11.9 Å². The third kappa shape index (κ3) is 5.61. The molecule has 0 radical (unpaired) electrons. The number of aryl methyl sites for hydroxylation is 2. The minimum absolute atomic E-state index is 0.0480. The summed E-state index contributed by atoms with van der Waals surface area (Å²) in [6.07, 6.45) is 1.90. The minimum atomic E-state index is -0.222. The molecule has 0 fully saturated rings. The van der Waals surface area contributed by atoms with E-state index in [9.17, 15) is 9.59 Å². The number of amides is 2. The highest BCUT2D eigenvalue weighted by molar-refractivity contribution is 6.30. The fraction of sp³-hybridized carbons (Fsp3) is 0.300. The summed E-state index contributed by atoms with van der Waals surface area (Å²) in [5.74, 6) is -0.419. The van der Waals surface area contributed by atoms with E-state index in [0.717, 1.165) is 35.2 Å². The van der Waals surface area contributed by atoms with Crippen LogP contribution in [0.2, 0.25) is 5.02 Å². The number of anilines is 1. The Bertz CT molecular complexity index is 720. The van der Waals surface area contributed by atoms with E-state index in [0.29, 0.717) is 5.02 Å². The van der Waals surface area contributed by atoms with Crippen molar-refractivity contribution in [3.63, 3.8) is 0 Å². The number of hydrogen-bond donors (Lipinski definition) is 2. The summed E-state index contributed by atoms with van der Waals surface area (Å²) in [6.45, 7) is 4.06. The van der Waals surface area contributed by atoms with Crippen molar-refractivity contribution < 1.29 is 9.59 Å². The number of rotatable bonds is 7. The number of benzene rings is 2. The topological polar surface area (TPSA) is 58.2 Å². The highest BCUT2D eigenvalue weighted by Crippen LogP contribution is 2.22. The molecule has 0 saturated heterocycles. The number of carbonyl (C=O) groups is 2. The molecule has 0 aliphatic heterocycles. The second kappa shape index (κ2) is 9.23. The van der Waals surface area contributed by atoms with E-state index in [2.05, 4.69) is 24.5 Å². The molecule has 2 aromatic carbocycles. The van der Waals surface area contributed by atoms with Crippen molar-refractivity contribution in [3.05, 3.63) is 64.2 Å². The Labute approximate surface area is 153 Å². The molecule has 0 atom stereocenters. The minimum Gasteiger partial charge on any atom is -0.347 e. The molecule has 25 heavy (non-hydrogen) atoms. The second-order valence-electron chi connectivity index (χ2n) is 5.79. The fourth-order valence-corrected chi connectivity index (χ4v) is 2.74. The van der Waals surface area contributed by atoms with Gasteiger partial charge in [-0.05, 0) is 41.7 Å². The summed E-state index contributed by atoms with van der Waals surface area (Å²) in [6, 6.07) is 13.1. The predicted molar refractivity (Wildman–Crippen MR) is 102 cm³/mol. The third-order valence-electron chi connectivity index (χ3n) is 3.99. The van der Waals surface area contributed by atoms with Gasteiger partial charge in [0.25, 0.3) is 0 Å². The first-order chi connectivity index (χ1) is 12.0. The van der Waals surface area contributed by atoms with Gasteiger partial charge >= 0.3 is 0 Å². The molecule has 2 amide bonds. The van der Waals surface area contributed by atoms with E-state index in [4.69, 9.17) is 11.6 Å². The Morgan fingerprint density at radius 2 is 1.52 bits per heavy atom. The van der Waals surface area contributed by atoms with Crippen LogP contribution >= 0.6 is 11.6 Å². The van der Waals surface area contributed by atoms with Gasteiger partial charge in [0.15, 0.2) is 0 Å². The van der Waals surface area contributed by atoms with Crippen LogP contribution in [0.1, 0.15) is 30.5 Å². The highest BCUT2D eigenvalue weighted by Gasteiger charge is 2.11. The van der Waals surface area contributed by atoms with Crippen molar-refractivity contribution in [3.8, 4) is 0 Å². The van der Waals surface area contributed by atoms with Crippen LogP contribution in [-0.2, 0) is 28.9 Å². The molecular formula is C20H23ClN2O2. The lowest BCUT2D eigenvalue weighted by atomic mass is 10.0. The Kier molecular flexibility index (Phi) is 7.02. The SMILES string of the molecule is CCc1cccc(CC)c1NC(=O)CNC(=O)Cc1ccc(Cl)cc1. The molecule has 0 heterocycles. The van der Waals surface area contributed by atoms with Crippen molar-refractivity contribution in [1.29, 1.82) is 0 Å². The maximum absolute atomic E-state index is 12.2. The number of halogens is 1. The molecule has 0 unspecified atom stereocenters. The molecule has 2 aromatic rings. The smallest absolute Gasteiger partial charge is 0.243 e. The maximum atomic E-state index is 12.2. The van der Waals surface area contributed by atoms with E-state index >= 15 is 0 Å². The van der Waals surface area contributed by atoms with Gasteiger partial charge in [-0.15, -0.1) is 0 Å². The lowest BCUT2D eigenvalue weighted by molar-refractivity contribution is -0.123. The summed E-state index contributed by atoms with van der Waals surface area (Å²) >= 11 is 5.82. The van der Waals surface area contributed by atoms with E-state index in [1.165, 1.54) is 0 Å². The van der Waals surface area contributed by atoms with Crippen LogP contribution in [0.3, 0.4) is 0 Å². The Morgan fingerprint density at radius 3 is 2.08 bits per heavy atom. The summed E-state index contributed by atoms with van der Waals surface area (Å²) in [5, 5.41) is 6.22. The van der Waals surface area contributed by atoms with Gasteiger partial charge in [-0.1, -0.05) is 55.8 Å². The van der Waals surface area contributed by atoms with Crippen LogP contribution in [0.5, 0.6) is 0 Å². The standard InChI is InChI=1S/C20H23ClN2O2/c1-3-15-6-5-7-16(4-2)20(15)23-19(25)13-22-18(24)12-14-8-10-17(21)11-9-14/h5-11H,3-4,12-13H2,1-2H3,(H,22,24)(H,23,25). The zero-order chi connectivity index (χ0) is 18.2. The van der Waals surface area contributed by atoms with Crippen molar-refractivity contribution in [1.82, 2.24) is 5.32 Å². The maximum Gasteiger partial charge on any atom is 0.243 e. The number of para-hydroxylation sites is 1. The first-order valence-electron chi connectivity index (χ1n) is 8.45. The largest absolute Gasteiger partial charge is 0.347 e. The molecular weight excluding hydrogens is 336 g/mol. The molecule has 0 aromatic heterocycles. The average Bonchev–Trinajstić information content (AvgIpc) is 2.62. The van der Waals surface area contributed by atoms with E-state index in [1.807, 2.05) is 18.2 Å². The molecule has 2 N–H and O–H groups in total. The lowest BCUT2D eigenvalue weighted by Gasteiger charge is -2.14. The summed E-state index contributed by atoms with van der Waals surface area (Å²) in [7, 11) is 0. The first kappa shape index (κ1) is 19.0. The molecule has 0 saturated carbocycles. The third-order valence-corrected chi connectivity index (χ3v) is 4.24. The van der Waals surface area contributed by atoms with Gasteiger partial charge in [-0.25, -0.2) is 0 Å². The Hall–Kier alpha value is -2.33. The highest BCUT2D eigenvalue weighted by atomic mass is 35.5. The summed E-state index contributed by atoms with van der Waals surface area (Å²) < 4.78 is 0. The van der Waals surface area contributed by atoms with Crippen LogP contribution in [0.15, 0.2) is 42.5 Å². The zero-order valence-corrected chi connectivity index (χ0v) is 15.3. The molecule has 0 spiro atoms. The molecule has 2 rings (SSSR count). The predicted octanol–water partition coefficient (Wildman–Crippen LogP) is 3.76. The second-order valence-corrected chi connectivity index (χ2v) is 6.22. The molecule has 5 heteroatoms. The van der Waals surface area contributed by atoms with E-state index in [-0.39, 0.29) is 24.8 Å². The normalized spacial score (nSPS) is 10.4.